The van der Waals surface area contributed by atoms with Crippen LogP contribution in [-0.2, 0) is 0 Å². The van der Waals surface area contributed by atoms with Crippen LogP contribution in [0.3, 0.4) is 0 Å². The molecule has 1 saturated carbocycles. The van der Waals surface area contributed by atoms with Gasteiger partial charge in [0, 0.05) is 12.2 Å². The second-order valence-electron chi connectivity index (χ2n) is 3.83. The van der Waals surface area contributed by atoms with Crippen molar-refractivity contribution in [2.75, 3.05) is 5.32 Å². The predicted octanol–water partition coefficient (Wildman–Crippen LogP) is 2.51. The molecule has 0 unspecified atom stereocenters. The van der Waals surface area contributed by atoms with Crippen molar-refractivity contribution in [1.82, 2.24) is 4.98 Å². The maximum atomic E-state index is 8.64. The van der Waals surface area contributed by atoms with Crippen molar-refractivity contribution in [1.29, 1.82) is 5.26 Å². The first-order valence-corrected chi connectivity index (χ1v) is 5.33. The third-order valence-electron chi connectivity index (χ3n) is 2.68. The smallest absolute Gasteiger partial charge is 0.126 e. The van der Waals surface area contributed by atoms with Gasteiger partial charge in [-0.15, -0.1) is 0 Å². The lowest BCUT2D eigenvalue weighted by Gasteiger charge is -2.22. The summed E-state index contributed by atoms with van der Waals surface area (Å²) in [5.41, 5.74) is 0.609. The van der Waals surface area contributed by atoms with Crippen LogP contribution in [-0.4, -0.2) is 11.0 Å². The Kier molecular flexibility index (Phi) is 3.18. The molecule has 0 aromatic carbocycles. The summed E-state index contributed by atoms with van der Waals surface area (Å²) in [5.74, 6) is 0.876. The average molecular weight is 200 g/mol. The number of nitriles is 1. The fraction of sp³-hybridized carbons (Fsp3) is 0.417. The van der Waals surface area contributed by atoms with Crippen LogP contribution in [0.15, 0.2) is 18.3 Å². The minimum Gasteiger partial charge on any atom is -0.367 e. The van der Waals surface area contributed by atoms with E-state index in [1.807, 2.05) is 6.07 Å². The van der Waals surface area contributed by atoms with Gasteiger partial charge in [0.2, 0.25) is 0 Å². The summed E-state index contributed by atoms with van der Waals surface area (Å²) in [5, 5.41) is 12.0. The molecule has 1 aliphatic carbocycles. The van der Waals surface area contributed by atoms with Crippen LogP contribution in [0, 0.1) is 17.8 Å². The van der Waals surface area contributed by atoms with Gasteiger partial charge in [-0.05, 0) is 44.2 Å². The third kappa shape index (κ3) is 2.69. The van der Waals surface area contributed by atoms with Crippen molar-refractivity contribution >= 4 is 5.82 Å². The average Bonchev–Trinajstić information content (AvgIpc) is 2.31. The van der Waals surface area contributed by atoms with Crippen molar-refractivity contribution in [2.24, 2.45) is 0 Å². The normalized spacial score (nSPS) is 17.0. The molecule has 1 N–H and O–H groups in total. The fourth-order valence-corrected chi connectivity index (χ4v) is 1.83. The Hall–Kier alpha value is -1.56. The molecule has 1 aromatic heterocycles. The lowest BCUT2D eigenvalue weighted by atomic mass is 9.95. The number of rotatable bonds is 2. The van der Waals surface area contributed by atoms with E-state index in [9.17, 15) is 0 Å². The summed E-state index contributed by atoms with van der Waals surface area (Å²) < 4.78 is 0. The standard InChI is InChI=1S/C12H14N3/c13-8-10-6-7-12(14-9-10)15-11-4-2-1-3-5-11/h1,6-7,9,11H,2-5H2,(H,14,15). The molecule has 1 heterocycles. The monoisotopic (exact) mass is 200 g/mol. The van der Waals surface area contributed by atoms with Gasteiger partial charge in [-0.25, -0.2) is 4.98 Å². The van der Waals surface area contributed by atoms with E-state index in [1.54, 1.807) is 12.3 Å². The van der Waals surface area contributed by atoms with Gasteiger partial charge in [-0.2, -0.15) is 5.26 Å². The zero-order valence-corrected chi connectivity index (χ0v) is 8.61. The fourth-order valence-electron chi connectivity index (χ4n) is 1.83. The SMILES string of the molecule is N#Cc1ccc(NC2CC[CH]CC2)nc1. The highest BCUT2D eigenvalue weighted by molar-refractivity contribution is 5.39. The highest BCUT2D eigenvalue weighted by Gasteiger charge is 2.13. The first kappa shape index (κ1) is 9.97. The van der Waals surface area contributed by atoms with Gasteiger partial charge in [0.05, 0.1) is 5.56 Å². The molecule has 1 radical (unpaired) electrons. The minimum absolute atomic E-state index is 0.537. The van der Waals surface area contributed by atoms with Crippen LogP contribution < -0.4 is 5.32 Å². The number of hydrogen-bond acceptors (Lipinski definition) is 3. The molecule has 1 fully saturated rings. The van der Waals surface area contributed by atoms with Crippen molar-refractivity contribution < 1.29 is 0 Å². The molecule has 77 valence electrons. The molecule has 0 bridgehead atoms. The van der Waals surface area contributed by atoms with Crippen LogP contribution in [0.4, 0.5) is 5.82 Å². The molecule has 0 aliphatic heterocycles. The Morgan fingerprint density at radius 1 is 1.33 bits per heavy atom. The van der Waals surface area contributed by atoms with Crippen LogP contribution in [0.2, 0.25) is 0 Å². The molecule has 3 heteroatoms. The zero-order valence-electron chi connectivity index (χ0n) is 8.61. The van der Waals surface area contributed by atoms with E-state index in [0.29, 0.717) is 11.6 Å². The summed E-state index contributed by atoms with van der Waals surface area (Å²) in [6.07, 6.45) is 8.69. The Morgan fingerprint density at radius 2 is 2.13 bits per heavy atom. The van der Waals surface area contributed by atoms with E-state index in [2.05, 4.69) is 22.8 Å². The molecular weight excluding hydrogens is 186 g/mol. The maximum Gasteiger partial charge on any atom is 0.126 e. The topological polar surface area (TPSA) is 48.7 Å². The van der Waals surface area contributed by atoms with Crippen LogP contribution >= 0.6 is 0 Å². The van der Waals surface area contributed by atoms with E-state index in [-0.39, 0.29) is 0 Å². The van der Waals surface area contributed by atoms with E-state index in [1.165, 1.54) is 25.7 Å². The first-order chi connectivity index (χ1) is 7.38. The van der Waals surface area contributed by atoms with Crippen LogP contribution in [0.5, 0.6) is 0 Å². The second kappa shape index (κ2) is 4.79. The quantitative estimate of drug-likeness (QED) is 0.798. The van der Waals surface area contributed by atoms with E-state index >= 15 is 0 Å². The summed E-state index contributed by atoms with van der Waals surface area (Å²) in [4.78, 5) is 4.20. The number of hydrogen-bond donors (Lipinski definition) is 1. The van der Waals surface area contributed by atoms with Gasteiger partial charge in [-0.3, -0.25) is 0 Å². The second-order valence-corrected chi connectivity index (χ2v) is 3.83. The zero-order chi connectivity index (χ0) is 10.5. The molecule has 0 atom stereocenters. The Morgan fingerprint density at radius 3 is 2.73 bits per heavy atom. The molecule has 1 aliphatic rings. The first-order valence-electron chi connectivity index (χ1n) is 5.33. The van der Waals surface area contributed by atoms with Gasteiger partial charge in [0.15, 0.2) is 0 Å². The van der Waals surface area contributed by atoms with Crippen molar-refractivity contribution in [3.8, 4) is 6.07 Å². The molecule has 0 saturated heterocycles. The van der Waals surface area contributed by atoms with Crippen molar-refractivity contribution in [3.05, 3.63) is 30.3 Å². The third-order valence-corrected chi connectivity index (χ3v) is 2.68. The summed E-state index contributed by atoms with van der Waals surface area (Å²) in [6.45, 7) is 0. The van der Waals surface area contributed by atoms with Gasteiger partial charge in [-0.1, -0.05) is 0 Å². The summed E-state index contributed by atoms with van der Waals surface area (Å²) in [6, 6.07) is 6.27. The van der Waals surface area contributed by atoms with Crippen LogP contribution in [0.1, 0.15) is 31.2 Å². The van der Waals surface area contributed by atoms with Gasteiger partial charge in [0.1, 0.15) is 11.9 Å². The molecule has 0 amide bonds. The predicted molar refractivity (Wildman–Crippen MR) is 59.1 cm³/mol. The molecule has 3 nitrogen and oxygen atoms in total. The molecule has 15 heavy (non-hydrogen) atoms. The number of pyridine rings is 1. The number of nitrogens with zero attached hydrogens (tertiary/aromatic N) is 2. The summed E-state index contributed by atoms with van der Waals surface area (Å²) in [7, 11) is 0. The van der Waals surface area contributed by atoms with E-state index in [4.69, 9.17) is 5.26 Å². The number of nitrogens with one attached hydrogen (secondary N) is 1. The van der Waals surface area contributed by atoms with E-state index < -0.39 is 0 Å². The maximum absolute atomic E-state index is 8.64. The lowest BCUT2D eigenvalue weighted by molar-refractivity contribution is 0.533. The van der Waals surface area contributed by atoms with Crippen LogP contribution in [0.25, 0.3) is 0 Å². The summed E-state index contributed by atoms with van der Waals surface area (Å²) >= 11 is 0. The molecule has 0 spiro atoms. The Labute approximate surface area is 90.1 Å². The van der Waals surface area contributed by atoms with E-state index in [0.717, 1.165) is 5.82 Å². The lowest BCUT2D eigenvalue weighted by Crippen LogP contribution is -2.22. The highest BCUT2D eigenvalue weighted by Crippen LogP contribution is 2.19. The molecule has 2 rings (SSSR count). The number of anilines is 1. The minimum atomic E-state index is 0.537. The Balaban J connectivity index is 1.95. The van der Waals surface area contributed by atoms with Gasteiger partial charge < -0.3 is 5.32 Å². The molecule has 1 aromatic rings. The highest BCUT2D eigenvalue weighted by atomic mass is 15.0. The largest absolute Gasteiger partial charge is 0.367 e. The van der Waals surface area contributed by atoms with Gasteiger partial charge >= 0.3 is 0 Å². The van der Waals surface area contributed by atoms with Crippen molar-refractivity contribution in [3.63, 3.8) is 0 Å². The number of aromatic nitrogens is 1. The van der Waals surface area contributed by atoms with Crippen molar-refractivity contribution in [2.45, 2.75) is 31.7 Å². The molecular formula is C12H14N3. The Bertz CT molecular complexity index is 344. The van der Waals surface area contributed by atoms with Gasteiger partial charge in [0.25, 0.3) is 0 Å².